The average molecular weight is 288 g/mol. The van der Waals surface area contributed by atoms with Gasteiger partial charge in [0.15, 0.2) is 0 Å². The van der Waals surface area contributed by atoms with Crippen molar-refractivity contribution in [3.8, 4) is 0 Å². The third kappa shape index (κ3) is 3.34. The molecule has 1 aliphatic rings. The molecule has 1 aromatic rings. The van der Waals surface area contributed by atoms with E-state index in [2.05, 4.69) is 4.74 Å². The van der Waals surface area contributed by atoms with E-state index >= 15 is 0 Å². The number of nitrogens with zero attached hydrogens (tertiary/aromatic N) is 1. The van der Waals surface area contributed by atoms with E-state index < -0.39 is 18.7 Å². The van der Waals surface area contributed by atoms with Gasteiger partial charge in [0.05, 0.1) is 24.0 Å². The van der Waals surface area contributed by atoms with Crippen molar-refractivity contribution in [2.24, 2.45) is 0 Å². The quantitative estimate of drug-likeness (QED) is 0.683. The molecule has 1 aliphatic carbocycles. The minimum Gasteiger partial charge on any atom is -0.465 e. The molecule has 0 heterocycles. The first-order valence-electron chi connectivity index (χ1n) is 6.13. The van der Waals surface area contributed by atoms with E-state index in [-0.39, 0.29) is 17.3 Å². The van der Waals surface area contributed by atoms with E-state index in [9.17, 15) is 18.0 Å². The molecule has 0 bridgehead atoms. The number of rotatable bonds is 4. The zero-order valence-corrected chi connectivity index (χ0v) is 10.9. The smallest absolute Gasteiger partial charge is 0.405 e. The van der Waals surface area contributed by atoms with Gasteiger partial charge in [-0.05, 0) is 31.0 Å². The van der Waals surface area contributed by atoms with Crippen LogP contribution in [0, 0.1) is 0 Å². The Hall–Kier alpha value is -1.92. The van der Waals surface area contributed by atoms with Crippen molar-refractivity contribution in [3.63, 3.8) is 0 Å². The highest BCUT2D eigenvalue weighted by molar-refractivity contribution is 5.92. The summed E-state index contributed by atoms with van der Waals surface area (Å²) in [6, 6.07) is 4.06. The van der Waals surface area contributed by atoms with Crippen molar-refractivity contribution >= 4 is 17.3 Å². The Kier molecular flexibility index (Phi) is 3.78. The number of benzene rings is 1. The van der Waals surface area contributed by atoms with E-state index in [1.165, 1.54) is 30.2 Å². The van der Waals surface area contributed by atoms with Crippen molar-refractivity contribution in [1.29, 1.82) is 0 Å². The maximum Gasteiger partial charge on any atom is 0.405 e. The lowest BCUT2D eigenvalue weighted by Gasteiger charge is -2.27. The topological polar surface area (TPSA) is 55.6 Å². The molecule has 0 amide bonds. The number of esters is 1. The molecule has 2 N–H and O–H groups in total. The van der Waals surface area contributed by atoms with Crippen LogP contribution in [0.3, 0.4) is 0 Å². The minimum absolute atomic E-state index is 0.136. The summed E-state index contributed by atoms with van der Waals surface area (Å²) in [7, 11) is 1.23. The molecular weight excluding hydrogens is 273 g/mol. The van der Waals surface area contributed by atoms with Gasteiger partial charge in [-0.15, -0.1) is 0 Å². The van der Waals surface area contributed by atoms with Crippen LogP contribution in [0.25, 0.3) is 0 Å². The molecule has 110 valence electrons. The summed E-state index contributed by atoms with van der Waals surface area (Å²) in [5.41, 5.74) is 6.45. The van der Waals surface area contributed by atoms with Crippen LogP contribution in [-0.2, 0) is 4.74 Å². The van der Waals surface area contributed by atoms with Gasteiger partial charge in [-0.1, -0.05) is 0 Å². The lowest BCUT2D eigenvalue weighted by atomic mass is 10.1. The molecule has 2 rings (SSSR count). The van der Waals surface area contributed by atoms with Crippen LogP contribution in [0.5, 0.6) is 0 Å². The number of halogens is 3. The van der Waals surface area contributed by atoms with Crippen LogP contribution in [-0.4, -0.2) is 31.8 Å². The summed E-state index contributed by atoms with van der Waals surface area (Å²) < 4.78 is 42.4. The van der Waals surface area contributed by atoms with Crippen LogP contribution in [0.15, 0.2) is 18.2 Å². The Labute approximate surface area is 114 Å². The number of hydrogen-bond acceptors (Lipinski definition) is 4. The summed E-state index contributed by atoms with van der Waals surface area (Å²) in [4.78, 5) is 12.6. The molecule has 0 aromatic heterocycles. The maximum atomic E-state index is 12.6. The average Bonchev–Trinajstić information content (AvgIpc) is 3.18. The molecule has 0 unspecified atom stereocenters. The Bertz CT molecular complexity index is 513. The van der Waals surface area contributed by atoms with Gasteiger partial charge in [0.2, 0.25) is 0 Å². The lowest BCUT2D eigenvalue weighted by Crippen LogP contribution is -2.36. The van der Waals surface area contributed by atoms with Gasteiger partial charge in [0.25, 0.3) is 0 Å². The number of methoxy groups -OCH3 is 1. The number of anilines is 2. The molecule has 0 saturated heterocycles. The van der Waals surface area contributed by atoms with Crippen molar-refractivity contribution in [3.05, 3.63) is 23.8 Å². The lowest BCUT2D eigenvalue weighted by molar-refractivity contribution is -0.119. The fourth-order valence-electron chi connectivity index (χ4n) is 2.05. The van der Waals surface area contributed by atoms with E-state index in [1.54, 1.807) is 0 Å². The van der Waals surface area contributed by atoms with Crippen LogP contribution in [0.4, 0.5) is 24.5 Å². The minimum atomic E-state index is -4.30. The number of alkyl halides is 3. The molecular formula is C13H15F3N2O2. The molecule has 1 saturated carbocycles. The van der Waals surface area contributed by atoms with Crippen LogP contribution in [0.2, 0.25) is 0 Å². The highest BCUT2D eigenvalue weighted by Gasteiger charge is 2.38. The van der Waals surface area contributed by atoms with E-state index in [0.717, 1.165) is 0 Å². The number of carbonyl (C=O) groups excluding carboxylic acids is 1. The van der Waals surface area contributed by atoms with Crippen molar-refractivity contribution < 1.29 is 22.7 Å². The summed E-state index contributed by atoms with van der Waals surface area (Å²) in [5, 5.41) is 0. The SMILES string of the molecule is COC(=O)c1ccc(N(CC(F)(F)F)C2CC2)c(N)c1. The van der Waals surface area contributed by atoms with Crippen LogP contribution >= 0.6 is 0 Å². The van der Waals surface area contributed by atoms with Gasteiger partial charge >= 0.3 is 12.1 Å². The Morgan fingerprint density at radius 3 is 2.55 bits per heavy atom. The first kappa shape index (κ1) is 14.5. The molecule has 1 aromatic carbocycles. The fraction of sp³-hybridized carbons (Fsp3) is 0.462. The first-order chi connectivity index (χ1) is 9.31. The Morgan fingerprint density at radius 1 is 1.45 bits per heavy atom. The Morgan fingerprint density at radius 2 is 2.10 bits per heavy atom. The van der Waals surface area contributed by atoms with Gasteiger partial charge in [0.1, 0.15) is 6.54 Å². The van der Waals surface area contributed by atoms with Crippen LogP contribution < -0.4 is 10.6 Å². The third-order valence-corrected chi connectivity index (χ3v) is 3.10. The van der Waals surface area contributed by atoms with Crippen molar-refractivity contribution in [1.82, 2.24) is 0 Å². The second kappa shape index (κ2) is 5.22. The number of nitrogens with two attached hydrogens (primary N) is 1. The van der Waals surface area contributed by atoms with Gasteiger partial charge in [0, 0.05) is 6.04 Å². The molecule has 1 fully saturated rings. The van der Waals surface area contributed by atoms with Crippen LogP contribution in [0.1, 0.15) is 23.2 Å². The van der Waals surface area contributed by atoms with E-state index in [0.29, 0.717) is 18.5 Å². The fourth-order valence-corrected chi connectivity index (χ4v) is 2.05. The standard InChI is InChI=1S/C13H15F3N2O2/c1-20-12(19)8-2-5-11(10(17)6-8)18(9-3-4-9)7-13(14,15)16/h2,5-6,9H,3-4,7,17H2,1H3. The van der Waals surface area contributed by atoms with E-state index in [4.69, 9.17) is 5.73 Å². The van der Waals surface area contributed by atoms with E-state index in [1.807, 2.05) is 0 Å². The zero-order valence-electron chi connectivity index (χ0n) is 10.9. The second-order valence-corrected chi connectivity index (χ2v) is 4.74. The van der Waals surface area contributed by atoms with Gasteiger partial charge in [-0.3, -0.25) is 0 Å². The molecule has 0 radical (unpaired) electrons. The molecule has 0 aliphatic heterocycles. The molecule has 7 heteroatoms. The molecule has 0 spiro atoms. The molecule has 0 atom stereocenters. The number of carbonyl (C=O) groups is 1. The first-order valence-corrected chi connectivity index (χ1v) is 6.13. The second-order valence-electron chi connectivity index (χ2n) is 4.74. The highest BCUT2D eigenvalue weighted by Crippen LogP contribution is 2.37. The third-order valence-electron chi connectivity index (χ3n) is 3.10. The van der Waals surface area contributed by atoms with Gasteiger partial charge in [-0.2, -0.15) is 13.2 Å². The summed E-state index contributed by atoms with van der Waals surface area (Å²) in [6.45, 7) is -1.04. The predicted molar refractivity (Wildman–Crippen MR) is 68.6 cm³/mol. The largest absolute Gasteiger partial charge is 0.465 e. The number of ether oxygens (including phenoxy) is 1. The maximum absolute atomic E-state index is 12.6. The monoisotopic (exact) mass is 288 g/mol. The molecule has 20 heavy (non-hydrogen) atoms. The highest BCUT2D eigenvalue weighted by atomic mass is 19.4. The summed E-state index contributed by atoms with van der Waals surface area (Å²) in [6.07, 6.45) is -2.86. The zero-order chi connectivity index (χ0) is 14.9. The van der Waals surface area contributed by atoms with Gasteiger partial charge in [-0.25, -0.2) is 4.79 Å². The van der Waals surface area contributed by atoms with Crippen molar-refractivity contribution in [2.75, 3.05) is 24.3 Å². The number of nitrogen functional groups attached to an aromatic ring is 1. The summed E-state index contributed by atoms with van der Waals surface area (Å²) >= 11 is 0. The Balaban J connectivity index is 2.27. The number of hydrogen-bond donors (Lipinski definition) is 1. The molecule has 4 nitrogen and oxygen atoms in total. The summed E-state index contributed by atoms with van der Waals surface area (Å²) in [5.74, 6) is -0.572. The van der Waals surface area contributed by atoms with Crippen molar-refractivity contribution in [2.45, 2.75) is 25.1 Å². The van der Waals surface area contributed by atoms with Gasteiger partial charge < -0.3 is 15.4 Å². The predicted octanol–water partition coefficient (Wildman–Crippen LogP) is 2.59. The normalized spacial score (nSPS) is 15.0.